The quantitative estimate of drug-likeness (QED) is 0.316. The van der Waals surface area contributed by atoms with Crippen LogP contribution in [0.3, 0.4) is 0 Å². The Bertz CT molecular complexity index is 1190. The third-order valence-electron chi connectivity index (χ3n) is 5.17. The second-order valence-electron chi connectivity index (χ2n) is 7.15. The fourth-order valence-corrected chi connectivity index (χ4v) is 3.82. The summed E-state index contributed by atoms with van der Waals surface area (Å²) in [5, 5.41) is 11.5. The molecule has 0 spiro atoms. The van der Waals surface area contributed by atoms with Crippen LogP contribution in [-0.4, -0.2) is 23.4 Å². The average Bonchev–Trinajstić information content (AvgIpc) is 3.06. The number of nitrogens with zero attached hydrogens (tertiary/aromatic N) is 1. The highest BCUT2D eigenvalue weighted by molar-refractivity contribution is 6.51. The zero-order valence-corrected chi connectivity index (χ0v) is 17.8. The predicted octanol–water partition coefficient (Wildman–Crippen LogP) is 5.50. The summed E-state index contributed by atoms with van der Waals surface area (Å²) in [7, 11) is 0. The number of amides is 1. The molecule has 1 N–H and O–H groups in total. The number of rotatable bonds is 5. The van der Waals surface area contributed by atoms with Crippen LogP contribution >= 0.6 is 11.6 Å². The molecular weight excluding hydrogens is 433 g/mol. The number of hydrogen-bond acceptors (Lipinski definition) is 4. The van der Waals surface area contributed by atoms with Crippen molar-refractivity contribution >= 4 is 34.7 Å². The van der Waals surface area contributed by atoms with Crippen LogP contribution in [0.2, 0.25) is 5.02 Å². The first-order valence-corrected chi connectivity index (χ1v) is 10.3. The van der Waals surface area contributed by atoms with Crippen LogP contribution in [0.5, 0.6) is 5.75 Å². The number of benzene rings is 3. The second-order valence-corrected chi connectivity index (χ2v) is 7.59. The van der Waals surface area contributed by atoms with Crippen LogP contribution in [0.15, 0.2) is 78.4 Å². The molecule has 0 radical (unpaired) electrons. The summed E-state index contributed by atoms with van der Waals surface area (Å²) < 4.78 is 18.8. The van der Waals surface area contributed by atoms with Gasteiger partial charge in [-0.3, -0.25) is 14.5 Å². The van der Waals surface area contributed by atoms with Crippen LogP contribution < -0.4 is 9.64 Å². The Morgan fingerprint density at radius 2 is 1.62 bits per heavy atom. The number of carbonyl (C=O) groups is 2. The standard InChI is InChI=1S/C25H19ClFNO4/c1-2-32-20-13-11-19(12-14-20)28-22(15-3-7-17(26)8-4-15)21(24(30)25(28)31)23(29)16-5-9-18(27)10-6-16/h3-14,22,29H,2H2,1H3/b23-21+. The maximum Gasteiger partial charge on any atom is 0.300 e. The molecule has 1 amide bonds. The first kappa shape index (κ1) is 21.6. The number of hydrogen-bond donors (Lipinski definition) is 1. The first-order chi connectivity index (χ1) is 15.4. The lowest BCUT2D eigenvalue weighted by Gasteiger charge is -2.25. The molecule has 3 aromatic rings. The van der Waals surface area contributed by atoms with Gasteiger partial charge in [0.2, 0.25) is 0 Å². The van der Waals surface area contributed by atoms with Crippen molar-refractivity contribution in [2.24, 2.45) is 0 Å². The zero-order chi connectivity index (χ0) is 22.8. The fourth-order valence-electron chi connectivity index (χ4n) is 3.69. The number of halogens is 2. The third kappa shape index (κ3) is 3.97. The van der Waals surface area contributed by atoms with Crippen molar-refractivity contribution in [2.45, 2.75) is 13.0 Å². The lowest BCUT2D eigenvalue weighted by atomic mass is 9.95. The number of ether oxygens (including phenoxy) is 1. The van der Waals surface area contributed by atoms with Gasteiger partial charge in [0.25, 0.3) is 11.7 Å². The Hall–Kier alpha value is -3.64. The van der Waals surface area contributed by atoms with E-state index in [0.29, 0.717) is 28.6 Å². The van der Waals surface area contributed by atoms with Gasteiger partial charge in [0, 0.05) is 16.3 Å². The summed E-state index contributed by atoms with van der Waals surface area (Å²) in [6.07, 6.45) is 0. The van der Waals surface area contributed by atoms with E-state index in [4.69, 9.17) is 16.3 Å². The number of Topliss-reactive ketones (excluding diaryl/α,β-unsaturated/α-hetero) is 1. The molecule has 4 rings (SSSR count). The van der Waals surface area contributed by atoms with E-state index in [0.717, 1.165) is 0 Å². The maximum absolute atomic E-state index is 13.4. The summed E-state index contributed by atoms with van der Waals surface area (Å²) >= 11 is 6.03. The van der Waals surface area contributed by atoms with Crippen molar-refractivity contribution in [1.82, 2.24) is 0 Å². The lowest BCUT2D eigenvalue weighted by Crippen LogP contribution is -2.29. The normalized spacial score (nSPS) is 17.6. The molecule has 1 aliphatic rings. The summed E-state index contributed by atoms with van der Waals surface area (Å²) in [4.78, 5) is 27.5. The van der Waals surface area contributed by atoms with Crippen molar-refractivity contribution < 1.29 is 23.8 Å². The number of anilines is 1. The van der Waals surface area contributed by atoms with E-state index in [1.54, 1.807) is 48.5 Å². The molecule has 0 bridgehead atoms. The van der Waals surface area contributed by atoms with Crippen molar-refractivity contribution in [3.8, 4) is 5.75 Å². The highest BCUT2D eigenvalue weighted by Gasteiger charge is 2.46. The molecule has 0 saturated carbocycles. The molecule has 1 atom stereocenters. The molecular formula is C25H19ClFNO4. The van der Waals surface area contributed by atoms with Gasteiger partial charge in [-0.05, 0) is 73.2 Å². The van der Waals surface area contributed by atoms with Crippen LogP contribution in [0.4, 0.5) is 10.1 Å². The smallest absolute Gasteiger partial charge is 0.300 e. The van der Waals surface area contributed by atoms with E-state index in [9.17, 15) is 19.1 Å². The summed E-state index contributed by atoms with van der Waals surface area (Å²) in [5.74, 6) is -1.84. The molecule has 1 saturated heterocycles. The minimum Gasteiger partial charge on any atom is -0.507 e. The third-order valence-corrected chi connectivity index (χ3v) is 5.43. The molecule has 1 fully saturated rings. The predicted molar refractivity (Wildman–Crippen MR) is 120 cm³/mol. The molecule has 1 unspecified atom stereocenters. The Labute approximate surface area is 189 Å². The van der Waals surface area contributed by atoms with Gasteiger partial charge < -0.3 is 9.84 Å². The SMILES string of the molecule is CCOc1ccc(N2C(=O)C(=O)/C(=C(/O)c3ccc(F)cc3)C2c2ccc(Cl)cc2)cc1. The molecule has 1 aliphatic heterocycles. The zero-order valence-electron chi connectivity index (χ0n) is 17.1. The first-order valence-electron chi connectivity index (χ1n) is 9.96. The average molecular weight is 452 g/mol. The number of ketones is 1. The van der Waals surface area contributed by atoms with Gasteiger partial charge in [0.05, 0.1) is 18.2 Å². The Balaban J connectivity index is 1.88. The summed E-state index contributed by atoms with van der Waals surface area (Å²) in [5.41, 5.74) is 1.20. The summed E-state index contributed by atoms with van der Waals surface area (Å²) in [6, 6.07) is 17.6. The van der Waals surface area contributed by atoms with Crippen LogP contribution in [-0.2, 0) is 9.59 Å². The largest absolute Gasteiger partial charge is 0.507 e. The maximum atomic E-state index is 13.4. The van der Waals surface area contributed by atoms with Gasteiger partial charge in [-0.25, -0.2) is 4.39 Å². The molecule has 0 aromatic heterocycles. The number of aliphatic hydroxyl groups excluding tert-OH is 1. The molecule has 3 aromatic carbocycles. The number of carbonyl (C=O) groups excluding carboxylic acids is 2. The van der Waals surface area contributed by atoms with Crippen LogP contribution in [0.25, 0.3) is 5.76 Å². The highest BCUT2D eigenvalue weighted by Crippen LogP contribution is 2.42. The van der Waals surface area contributed by atoms with E-state index < -0.39 is 23.5 Å². The Kier molecular flexibility index (Phi) is 5.97. The van der Waals surface area contributed by atoms with Crippen molar-refractivity contribution in [2.75, 3.05) is 11.5 Å². The van der Waals surface area contributed by atoms with Crippen LogP contribution in [0.1, 0.15) is 24.1 Å². The van der Waals surface area contributed by atoms with Gasteiger partial charge in [-0.2, -0.15) is 0 Å². The molecule has 7 heteroatoms. The van der Waals surface area contributed by atoms with E-state index in [2.05, 4.69) is 0 Å². The number of aliphatic hydroxyl groups is 1. The minimum absolute atomic E-state index is 0.0854. The van der Waals surface area contributed by atoms with Crippen molar-refractivity contribution in [3.05, 3.63) is 100 Å². The van der Waals surface area contributed by atoms with Gasteiger partial charge in [-0.15, -0.1) is 0 Å². The second kappa shape index (κ2) is 8.85. The van der Waals surface area contributed by atoms with Gasteiger partial charge in [0.15, 0.2) is 0 Å². The van der Waals surface area contributed by atoms with Crippen molar-refractivity contribution in [1.29, 1.82) is 0 Å². The van der Waals surface area contributed by atoms with E-state index in [-0.39, 0.29) is 16.9 Å². The molecule has 0 aliphatic carbocycles. The van der Waals surface area contributed by atoms with Gasteiger partial charge >= 0.3 is 0 Å². The van der Waals surface area contributed by atoms with Crippen LogP contribution in [0, 0.1) is 5.82 Å². The molecule has 1 heterocycles. The van der Waals surface area contributed by atoms with E-state index in [1.165, 1.54) is 29.2 Å². The van der Waals surface area contributed by atoms with Crippen molar-refractivity contribution in [3.63, 3.8) is 0 Å². The molecule has 32 heavy (non-hydrogen) atoms. The Morgan fingerprint density at radius 3 is 2.22 bits per heavy atom. The Morgan fingerprint density at radius 1 is 1.00 bits per heavy atom. The minimum atomic E-state index is -0.893. The fraction of sp³-hybridized carbons (Fsp3) is 0.120. The van der Waals surface area contributed by atoms with Gasteiger partial charge in [0.1, 0.15) is 17.3 Å². The molecule has 162 valence electrons. The monoisotopic (exact) mass is 451 g/mol. The summed E-state index contributed by atoms with van der Waals surface area (Å²) in [6.45, 7) is 2.36. The van der Waals surface area contributed by atoms with E-state index in [1.807, 2.05) is 6.92 Å². The van der Waals surface area contributed by atoms with Gasteiger partial charge in [-0.1, -0.05) is 23.7 Å². The topological polar surface area (TPSA) is 66.8 Å². The molecule has 5 nitrogen and oxygen atoms in total. The van der Waals surface area contributed by atoms with E-state index >= 15 is 0 Å². The lowest BCUT2D eigenvalue weighted by molar-refractivity contribution is -0.132. The highest BCUT2D eigenvalue weighted by atomic mass is 35.5.